The van der Waals surface area contributed by atoms with E-state index in [0.717, 1.165) is 16.8 Å². The number of carbonyl (C=O) groups excluding carboxylic acids is 2. The fourth-order valence-electron chi connectivity index (χ4n) is 2.92. The molecule has 0 bridgehead atoms. The maximum absolute atomic E-state index is 12.6. The number of Topliss-reactive ketones (excluding diaryl/α,β-unsaturated/α-hetero) is 1. The van der Waals surface area contributed by atoms with Crippen LogP contribution in [-0.2, 0) is 16.0 Å². The monoisotopic (exact) mass is 332 g/mol. The number of hydrogen-bond donors (Lipinski definition) is 0. The van der Waals surface area contributed by atoms with Gasteiger partial charge in [0.1, 0.15) is 11.4 Å². The minimum atomic E-state index is -0.486. The van der Waals surface area contributed by atoms with E-state index in [4.69, 9.17) is 4.74 Å². The van der Waals surface area contributed by atoms with Crippen LogP contribution in [0.4, 0.5) is 4.79 Å². The largest absolute Gasteiger partial charge is 0.444 e. The first kappa shape index (κ1) is 18.4. The van der Waals surface area contributed by atoms with Crippen molar-refractivity contribution < 1.29 is 14.3 Å². The quantitative estimate of drug-likeness (QED) is 0.850. The van der Waals surface area contributed by atoms with Crippen LogP contribution in [0.3, 0.4) is 0 Å². The predicted molar refractivity (Wildman–Crippen MR) is 93.0 cm³/mol. The third-order valence-electron chi connectivity index (χ3n) is 4.32. The van der Waals surface area contributed by atoms with E-state index in [9.17, 15) is 9.59 Å². The van der Waals surface area contributed by atoms with Gasteiger partial charge in [0.25, 0.3) is 0 Å². The average Bonchev–Trinajstić information content (AvgIpc) is 2.49. The highest BCUT2D eigenvalue weighted by molar-refractivity contribution is 5.84. The van der Waals surface area contributed by atoms with Gasteiger partial charge in [-0.05, 0) is 64.7 Å². The number of aromatic nitrogens is 1. The Bertz CT molecular complexity index is 612. The number of nitrogens with zero attached hydrogens (tertiary/aromatic N) is 2. The van der Waals surface area contributed by atoms with Crippen molar-refractivity contribution >= 4 is 11.9 Å². The van der Waals surface area contributed by atoms with Gasteiger partial charge in [-0.1, -0.05) is 0 Å². The molecule has 1 aliphatic rings. The zero-order valence-corrected chi connectivity index (χ0v) is 15.4. The van der Waals surface area contributed by atoms with Crippen LogP contribution in [0.25, 0.3) is 0 Å². The topological polar surface area (TPSA) is 59.5 Å². The van der Waals surface area contributed by atoms with Crippen molar-refractivity contribution in [2.45, 2.75) is 59.5 Å². The van der Waals surface area contributed by atoms with Crippen LogP contribution in [-0.4, -0.2) is 40.5 Å². The summed E-state index contributed by atoms with van der Waals surface area (Å²) in [6.45, 7) is 10.7. The third kappa shape index (κ3) is 5.05. The third-order valence-corrected chi connectivity index (χ3v) is 4.32. The Labute approximate surface area is 144 Å². The number of likely N-dealkylation sites (tertiary alicyclic amines) is 1. The SMILES string of the molecule is Cc1cc(CC(=O)C2CCN(C(=O)OC(C)(C)C)CC2)c(C)cn1. The summed E-state index contributed by atoms with van der Waals surface area (Å²) in [5.74, 6) is 0.282. The lowest BCUT2D eigenvalue weighted by Gasteiger charge is -2.33. The second-order valence-corrected chi connectivity index (χ2v) is 7.64. The summed E-state index contributed by atoms with van der Waals surface area (Å²) < 4.78 is 5.39. The Hall–Kier alpha value is -1.91. The summed E-state index contributed by atoms with van der Waals surface area (Å²) in [7, 11) is 0. The van der Waals surface area contributed by atoms with Gasteiger partial charge in [0.2, 0.25) is 0 Å². The van der Waals surface area contributed by atoms with Gasteiger partial charge >= 0.3 is 6.09 Å². The van der Waals surface area contributed by atoms with Gasteiger partial charge in [-0.25, -0.2) is 4.79 Å². The van der Waals surface area contributed by atoms with E-state index in [-0.39, 0.29) is 17.8 Å². The van der Waals surface area contributed by atoms with Crippen molar-refractivity contribution in [3.8, 4) is 0 Å². The minimum absolute atomic E-state index is 0.0246. The molecule has 1 amide bonds. The van der Waals surface area contributed by atoms with Crippen molar-refractivity contribution in [2.24, 2.45) is 5.92 Å². The van der Waals surface area contributed by atoms with Crippen molar-refractivity contribution in [3.63, 3.8) is 0 Å². The maximum atomic E-state index is 12.6. The molecular formula is C19H28N2O3. The van der Waals surface area contributed by atoms with Gasteiger partial charge in [-0.2, -0.15) is 0 Å². The summed E-state index contributed by atoms with van der Waals surface area (Å²) in [4.78, 5) is 30.6. The highest BCUT2D eigenvalue weighted by Crippen LogP contribution is 2.22. The predicted octanol–water partition coefficient (Wildman–Crippen LogP) is 3.46. The number of carbonyl (C=O) groups is 2. The Kier molecular flexibility index (Phi) is 5.62. The zero-order chi connectivity index (χ0) is 17.9. The number of ketones is 1. The average molecular weight is 332 g/mol. The molecule has 2 rings (SSSR count). The molecule has 0 radical (unpaired) electrons. The van der Waals surface area contributed by atoms with Crippen LogP contribution in [0.15, 0.2) is 12.3 Å². The molecule has 1 aromatic rings. The van der Waals surface area contributed by atoms with E-state index in [1.165, 1.54) is 0 Å². The van der Waals surface area contributed by atoms with Gasteiger partial charge in [0.15, 0.2) is 0 Å². The molecule has 0 N–H and O–H groups in total. The fraction of sp³-hybridized carbons (Fsp3) is 0.632. The molecule has 0 saturated carbocycles. The van der Waals surface area contributed by atoms with Crippen LogP contribution < -0.4 is 0 Å². The first-order valence-electron chi connectivity index (χ1n) is 8.58. The molecule has 0 atom stereocenters. The van der Waals surface area contributed by atoms with Gasteiger partial charge in [0, 0.05) is 37.3 Å². The molecule has 1 aliphatic heterocycles. The van der Waals surface area contributed by atoms with Crippen LogP contribution in [0, 0.1) is 19.8 Å². The van der Waals surface area contributed by atoms with Crippen LogP contribution in [0.1, 0.15) is 50.4 Å². The lowest BCUT2D eigenvalue weighted by atomic mass is 9.88. The smallest absolute Gasteiger partial charge is 0.410 e. The van der Waals surface area contributed by atoms with Gasteiger partial charge in [-0.15, -0.1) is 0 Å². The van der Waals surface area contributed by atoms with Crippen molar-refractivity contribution in [3.05, 3.63) is 29.1 Å². The molecule has 24 heavy (non-hydrogen) atoms. The molecule has 5 heteroatoms. The number of pyridine rings is 1. The van der Waals surface area contributed by atoms with E-state index >= 15 is 0 Å². The number of piperidine rings is 1. The first-order valence-corrected chi connectivity index (χ1v) is 8.58. The van der Waals surface area contributed by atoms with Crippen LogP contribution in [0.5, 0.6) is 0 Å². The van der Waals surface area contributed by atoms with E-state index in [1.807, 2.05) is 46.9 Å². The molecule has 0 unspecified atom stereocenters. The van der Waals surface area contributed by atoms with Gasteiger partial charge < -0.3 is 9.64 Å². The zero-order valence-electron chi connectivity index (χ0n) is 15.4. The van der Waals surface area contributed by atoms with Crippen molar-refractivity contribution in [1.82, 2.24) is 9.88 Å². The molecule has 5 nitrogen and oxygen atoms in total. The number of rotatable bonds is 3. The Morgan fingerprint density at radius 3 is 2.46 bits per heavy atom. The standard InChI is InChI=1S/C19H28N2O3/c1-13-12-20-14(2)10-16(13)11-17(22)15-6-8-21(9-7-15)18(23)24-19(3,4)5/h10,12,15H,6-9,11H2,1-5H3. The number of amides is 1. The maximum Gasteiger partial charge on any atom is 0.410 e. The van der Waals surface area contributed by atoms with Crippen LogP contribution >= 0.6 is 0 Å². The second-order valence-electron chi connectivity index (χ2n) is 7.64. The highest BCUT2D eigenvalue weighted by Gasteiger charge is 2.29. The Morgan fingerprint density at radius 2 is 1.88 bits per heavy atom. The summed E-state index contributed by atoms with van der Waals surface area (Å²) in [6, 6.07) is 1.99. The van der Waals surface area contributed by atoms with E-state index in [0.29, 0.717) is 32.4 Å². The molecule has 0 spiro atoms. The summed E-state index contributed by atoms with van der Waals surface area (Å²) in [6.07, 6.45) is 3.41. The Balaban J connectivity index is 1.89. The summed E-state index contributed by atoms with van der Waals surface area (Å²) >= 11 is 0. The molecule has 1 saturated heterocycles. The molecule has 0 aliphatic carbocycles. The lowest BCUT2D eigenvalue weighted by Crippen LogP contribution is -2.43. The highest BCUT2D eigenvalue weighted by atomic mass is 16.6. The van der Waals surface area contributed by atoms with Gasteiger partial charge in [-0.3, -0.25) is 9.78 Å². The molecule has 132 valence electrons. The summed E-state index contributed by atoms with van der Waals surface area (Å²) in [5.41, 5.74) is 2.56. The fourth-order valence-corrected chi connectivity index (χ4v) is 2.92. The Morgan fingerprint density at radius 1 is 1.25 bits per heavy atom. The normalized spacial score (nSPS) is 16.1. The van der Waals surface area contributed by atoms with Crippen molar-refractivity contribution in [1.29, 1.82) is 0 Å². The molecule has 2 heterocycles. The molecular weight excluding hydrogens is 304 g/mol. The van der Waals surface area contributed by atoms with E-state index < -0.39 is 5.60 Å². The van der Waals surface area contributed by atoms with E-state index in [2.05, 4.69) is 4.98 Å². The number of ether oxygens (including phenoxy) is 1. The molecule has 1 aromatic heterocycles. The lowest BCUT2D eigenvalue weighted by molar-refractivity contribution is -0.123. The molecule has 1 fully saturated rings. The first-order chi connectivity index (χ1) is 11.2. The van der Waals surface area contributed by atoms with Gasteiger partial charge in [0.05, 0.1) is 0 Å². The van der Waals surface area contributed by atoms with Crippen molar-refractivity contribution in [2.75, 3.05) is 13.1 Å². The number of aryl methyl sites for hydroxylation is 2. The second kappa shape index (κ2) is 7.32. The minimum Gasteiger partial charge on any atom is -0.444 e. The van der Waals surface area contributed by atoms with E-state index in [1.54, 1.807) is 4.90 Å². The molecule has 0 aromatic carbocycles. The summed E-state index contributed by atoms with van der Waals surface area (Å²) in [5, 5.41) is 0. The van der Waals surface area contributed by atoms with Crippen LogP contribution in [0.2, 0.25) is 0 Å². The number of hydrogen-bond acceptors (Lipinski definition) is 4.